The summed E-state index contributed by atoms with van der Waals surface area (Å²) >= 11 is 0. The van der Waals surface area contributed by atoms with Gasteiger partial charge in [0.25, 0.3) is 5.91 Å². The molecule has 0 unspecified atom stereocenters. The summed E-state index contributed by atoms with van der Waals surface area (Å²) in [7, 11) is 0. The number of carbonyl (C=O) groups excluding carboxylic acids is 1. The molecule has 0 N–H and O–H groups in total. The molecule has 1 amide bonds. The highest BCUT2D eigenvalue weighted by atomic mass is 16.2. The highest BCUT2D eigenvalue weighted by molar-refractivity contribution is 5.93. The van der Waals surface area contributed by atoms with Gasteiger partial charge in [-0.25, -0.2) is 4.98 Å². The fourth-order valence-corrected chi connectivity index (χ4v) is 3.60. The largest absolute Gasteiger partial charge is 0.335 e. The van der Waals surface area contributed by atoms with Gasteiger partial charge in [0.15, 0.2) is 0 Å². The number of hydrogen-bond acceptors (Lipinski definition) is 4. The molecule has 5 heteroatoms. The lowest BCUT2D eigenvalue weighted by atomic mass is 10.0. The van der Waals surface area contributed by atoms with Crippen LogP contribution in [0.3, 0.4) is 0 Å². The molecule has 2 aromatic carbocycles. The molecule has 1 aliphatic rings. The lowest BCUT2D eigenvalue weighted by molar-refractivity contribution is 0.0622. The van der Waals surface area contributed by atoms with Crippen molar-refractivity contribution in [3.8, 4) is 0 Å². The van der Waals surface area contributed by atoms with E-state index in [0.29, 0.717) is 11.6 Å². The van der Waals surface area contributed by atoms with Crippen LogP contribution in [0.25, 0.3) is 11.0 Å². The first-order valence-corrected chi connectivity index (χ1v) is 9.92. The van der Waals surface area contributed by atoms with Crippen molar-refractivity contribution in [2.24, 2.45) is 0 Å². The van der Waals surface area contributed by atoms with Crippen molar-refractivity contribution < 1.29 is 4.79 Å². The Hall–Kier alpha value is -2.79. The molecule has 2 heterocycles. The Bertz CT molecular complexity index is 960. The highest BCUT2D eigenvalue weighted by Crippen LogP contribution is 2.17. The van der Waals surface area contributed by atoms with E-state index in [4.69, 9.17) is 0 Å². The van der Waals surface area contributed by atoms with E-state index in [-0.39, 0.29) is 5.91 Å². The molecule has 4 rings (SSSR count). The van der Waals surface area contributed by atoms with E-state index in [1.807, 2.05) is 29.2 Å². The number of nitrogens with zero attached hydrogens (tertiary/aromatic N) is 4. The number of benzene rings is 2. The fraction of sp³-hybridized carbons (Fsp3) is 0.348. The van der Waals surface area contributed by atoms with Gasteiger partial charge in [0.1, 0.15) is 5.69 Å². The maximum Gasteiger partial charge on any atom is 0.274 e. The number of carbonyl (C=O) groups is 1. The van der Waals surface area contributed by atoms with Gasteiger partial charge >= 0.3 is 0 Å². The van der Waals surface area contributed by atoms with Gasteiger partial charge in [-0.15, -0.1) is 0 Å². The average Bonchev–Trinajstić information content (AvgIpc) is 2.74. The van der Waals surface area contributed by atoms with Gasteiger partial charge in [0.05, 0.1) is 17.2 Å². The van der Waals surface area contributed by atoms with Crippen molar-refractivity contribution in [1.29, 1.82) is 0 Å². The first-order chi connectivity index (χ1) is 13.6. The number of piperazine rings is 1. The van der Waals surface area contributed by atoms with E-state index < -0.39 is 0 Å². The third-order valence-electron chi connectivity index (χ3n) is 5.38. The van der Waals surface area contributed by atoms with Crippen molar-refractivity contribution in [2.45, 2.75) is 26.3 Å². The summed E-state index contributed by atoms with van der Waals surface area (Å²) in [4.78, 5) is 26.0. The molecule has 1 aliphatic heterocycles. The van der Waals surface area contributed by atoms with Crippen molar-refractivity contribution in [1.82, 2.24) is 19.8 Å². The first kappa shape index (κ1) is 18.6. The number of aromatic nitrogens is 2. The summed E-state index contributed by atoms with van der Waals surface area (Å²) < 4.78 is 0. The number of rotatable bonds is 4. The minimum Gasteiger partial charge on any atom is -0.335 e. The van der Waals surface area contributed by atoms with Gasteiger partial charge < -0.3 is 4.90 Å². The van der Waals surface area contributed by atoms with Crippen LogP contribution in [0.15, 0.2) is 54.7 Å². The van der Waals surface area contributed by atoms with Crippen molar-refractivity contribution in [3.05, 3.63) is 71.5 Å². The van der Waals surface area contributed by atoms with Crippen LogP contribution in [-0.4, -0.2) is 51.9 Å². The Morgan fingerprint density at radius 2 is 1.64 bits per heavy atom. The highest BCUT2D eigenvalue weighted by Gasteiger charge is 2.23. The lowest BCUT2D eigenvalue weighted by Gasteiger charge is -2.34. The Labute approximate surface area is 166 Å². The van der Waals surface area contributed by atoms with E-state index in [1.165, 1.54) is 11.1 Å². The Balaban J connectivity index is 1.35. The molecule has 0 spiro atoms. The van der Waals surface area contributed by atoms with Gasteiger partial charge in [-0.2, -0.15) is 0 Å². The first-order valence-electron chi connectivity index (χ1n) is 9.92. The predicted octanol–water partition coefficient (Wildman–Crippen LogP) is 3.71. The van der Waals surface area contributed by atoms with E-state index >= 15 is 0 Å². The summed E-state index contributed by atoms with van der Waals surface area (Å²) in [6, 6.07) is 16.5. The molecule has 28 heavy (non-hydrogen) atoms. The molecular weight excluding hydrogens is 348 g/mol. The second-order valence-electron chi connectivity index (χ2n) is 7.71. The van der Waals surface area contributed by atoms with Gasteiger partial charge in [-0.05, 0) is 29.2 Å². The molecule has 0 bridgehead atoms. The molecule has 1 saturated heterocycles. The molecular formula is C23H26N4O. The number of amides is 1. The minimum atomic E-state index is -0.0285. The lowest BCUT2D eigenvalue weighted by Crippen LogP contribution is -2.48. The minimum absolute atomic E-state index is 0.0285. The van der Waals surface area contributed by atoms with Crippen LogP contribution in [0.2, 0.25) is 0 Å². The molecule has 1 aromatic heterocycles. The maximum atomic E-state index is 12.8. The third kappa shape index (κ3) is 4.04. The molecule has 0 radical (unpaired) electrons. The predicted molar refractivity (Wildman–Crippen MR) is 111 cm³/mol. The summed E-state index contributed by atoms with van der Waals surface area (Å²) in [5.74, 6) is 0.529. The number of para-hydroxylation sites is 2. The second-order valence-corrected chi connectivity index (χ2v) is 7.71. The monoisotopic (exact) mass is 374 g/mol. The third-order valence-corrected chi connectivity index (χ3v) is 5.38. The summed E-state index contributed by atoms with van der Waals surface area (Å²) in [5.41, 5.74) is 4.70. The molecule has 5 nitrogen and oxygen atoms in total. The van der Waals surface area contributed by atoms with Crippen LogP contribution in [0.5, 0.6) is 0 Å². The zero-order valence-electron chi connectivity index (χ0n) is 16.5. The van der Waals surface area contributed by atoms with Crippen molar-refractivity contribution >= 4 is 16.9 Å². The van der Waals surface area contributed by atoms with Gasteiger partial charge in [-0.3, -0.25) is 14.7 Å². The van der Waals surface area contributed by atoms with Crippen LogP contribution < -0.4 is 0 Å². The van der Waals surface area contributed by atoms with Crippen LogP contribution in [0, 0.1) is 0 Å². The molecule has 0 aliphatic carbocycles. The normalized spacial score (nSPS) is 15.3. The fourth-order valence-electron chi connectivity index (χ4n) is 3.60. The maximum absolute atomic E-state index is 12.8. The number of hydrogen-bond donors (Lipinski definition) is 0. The van der Waals surface area contributed by atoms with Crippen LogP contribution >= 0.6 is 0 Å². The summed E-state index contributed by atoms with van der Waals surface area (Å²) in [5, 5.41) is 0. The van der Waals surface area contributed by atoms with Gasteiger partial charge in [0, 0.05) is 32.7 Å². The summed E-state index contributed by atoms with van der Waals surface area (Å²) in [6.07, 6.45) is 1.59. The zero-order valence-corrected chi connectivity index (χ0v) is 16.5. The van der Waals surface area contributed by atoms with Gasteiger partial charge in [-0.1, -0.05) is 50.2 Å². The Morgan fingerprint density at radius 1 is 0.964 bits per heavy atom. The van der Waals surface area contributed by atoms with Crippen LogP contribution in [0.1, 0.15) is 41.4 Å². The molecule has 1 fully saturated rings. The molecule has 144 valence electrons. The zero-order chi connectivity index (χ0) is 19.5. The topological polar surface area (TPSA) is 49.3 Å². The van der Waals surface area contributed by atoms with Crippen molar-refractivity contribution in [3.63, 3.8) is 0 Å². The quantitative estimate of drug-likeness (QED) is 0.698. The smallest absolute Gasteiger partial charge is 0.274 e. The van der Waals surface area contributed by atoms with E-state index in [2.05, 4.69) is 53.0 Å². The van der Waals surface area contributed by atoms with Crippen LogP contribution in [-0.2, 0) is 6.54 Å². The van der Waals surface area contributed by atoms with Crippen molar-refractivity contribution in [2.75, 3.05) is 26.2 Å². The standard InChI is InChI=1S/C23H26N4O/c1-17(2)19-9-7-18(8-10-19)16-26-11-13-27(14-12-26)23(28)22-15-24-20-5-3-4-6-21(20)25-22/h3-10,15,17H,11-14,16H2,1-2H3. The average molecular weight is 374 g/mol. The molecule has 0 atom stereocenters. The second kappa shape index (κ2) is 8.07. The molecule has 0 saturated carbocycles. The van der Waals surface area contributed by atoms with Crippen LogP contribution in [0.4, 0.5) is 0 Å². The van der Waals surface area contributed by atoms with Gasteiger partial charge in [0.2, 0.25) is 0 Å². The van der Waals surface area contributed by atoms with E-state index in [1.54, 1.807) is 6.20 Å². The summed E-state index contributed by atoms with van der Waals surface area (Å²) in [6.45, 7) is 8.54. The Morgan fingerprint density at radius 3 is 2.32 bits per heavy atom. The number of fused-ring (bicyclic) bond motifs is 1. The molecule has 3 aromatic rings. The van der Waals surface area contributed by atoms with E-state index in [0.717, 1.165) is 43.8 Å². The SMILES string of the molecule is CC(C)c1ccc(CN2CCN(C(=O)c3cnc4ccccc4n3)CC2)cc1. The Kier molecular flexibility index (Phi) is 5.35. The van der Waals surface area contributed by atoms with E-state index in [9.17, 15) is 4.79 Å².